The van der Waals surface area contributed by atoms with E-state index < -0.39 is 6.09 Å². The normalized spacial score (nSPS) is 16.0. The predicted molar refractivity (Wildman–Crippen MR) is 128 cm³/mol. The summed E-state index contributed by atoms with van der Waals surface area (Å²) >= 11 is 7.54. The highest BCUT2D eigenvalue weighted by atomic mass is 35.5. The van der Waals surface area contributed by atoms with Crippen molar-refractivity contribution in [3.05, 3.63) is 50.4 Å². The van der Waals surface area contributed by atoms with Crippen LogP contribution in [0.1, 0.15) is 53.4 Å². The summed E-state index contributed by atoms with van der Waals surface area (Å²) in [6, 6.07) is 4.03. The Morgan fingerprint density at radius 1 is 1.38 bits per heavy atom. The standard InChI is InChI=1S/C23H31ClN4O3S/c1-15-12-20(24)26-17(3)21(15)22(29)25-8-4-16(2)27-9-5-19(6-10-27)28(23(30)31)13-18-7-11-32-14-18/h7,11-12,14,16,19H,4-6,8-10,13H2,1-3H3,(H,25,29)(H,30,31). The molecular weight excluding hydrogens is 448 g/mol. The van der Waals surface area contributed by atoms with Gasteiger partial charge in [0.25, 0.3) is 5.91 Å². The molecule has 1 saturated heterocycles. The van der Waals surface area contributed by atoms with Crippen LogP contribution in [0.3, 0.4) is 0 Å². The number of thiophene rings is 1. The number of aryl methyl sites for hydroxylation is 2. The summed E-state index contributed by atoms with van der Waals surface area (Å²) in [5, 5.41) is 17.1. The molecule has 0 saturated carbocycles. The zero-order valence-electron chi connectivity index (χ0n) is 18.8. The van der Waals surface area contributed by atoms with Crippen LogP contribution < -0.4 is 5.32 Å². The number of hydrogen-bond acceptors (Lipinski definition) is 5. The van der Waals surface area contributed by atoms with Crippen LogP contribution in [-0.2, 0) is 6.54 Å². The molecule has 32 heavy (non-hydrogen) atoms. The van der Waals surface area contributed by atoms with Crippen molar-refractivity contribution in [1.29, 1.82) is 0 Å². The first-order chi connectivity index (χ1) is 15.3. The number of amides is 2. The second kappa shape index (κ2) is 11.1. The maximum Gasteiger partial charge on any atom is 0.407 e. The fourth-order valence-electron chi connectivity index (χ4n) is 4.36. The van der Waals surface area contributed by atoms with Crippen LogP contribution >= 0.6 is 22.9 Å². The minimum Gasteiger partial charge on any atom is -0.465 e. The van der Waals surface area contributed by atoms with Gasteiger partial charge in [-0.1, -0.05) is 11.6 Å². The molecule has 0 bridgehead atoms. The first-order valence-corrected chi connectivity index (χ1v) is 12.2. The van der Waals surface area contributed by atoms with Gasteiger partial charge in [-0.05, 0) is 74.1 Å². The summed E-state index contributed by atoms with van der Waals surface area (Å²) < 4.78 is 0. The van der Waals surface area contributed by atoms with Crippen LogP contribution in [0.15, 0.2) is 22.9 Å². The quantitative estimate of drug-likeness (QED) is 0.543. The van der Waals surface area contributed by atoms with E-state index >= 15 is 0 Å². The Bertz CT molecular complexity index is 906. The van der Waals surface area contributed by atoms with Crippen molar-refractivity contribution in [1.82, 2.24) is 20.1 Å². The molecule has 2 aromatic rings. The summed E-state index contributed by atoms with van der Waals surface area (Å²) in [7, 11) is 0. The molecule has 174 valence electrons. The summed E-state index contributed by atoms with van der Waals surface area (Å²) in [4.78, 5) is 32.5. The molecule has 3 heterocycles. The highest BCUT2D eigenvalue weighted by Gasteiger charge is 2.29. The van der Waals surface area contributed by atoms with E-state index in [0.29, 0.717) is 35.5 Å². The number of carboxylic acid groups (broad SMARTS) is 1. The number of halogens is 1. The van der Waals surface area contributed by atoms with E-state index in [-0.39, 0.29) is 11.9 Å². The summed E-state index contributed by atoms with van der Waals surface area (Å²) in [6.07, 6.45) is 1.62. The Morgan fingerprint density at radius 3 is 2.69 bits per heavy atom. The number of piperidine rings is 1. The van der Waals surface area contributed by atoms with Crippen LogP contribution in [0.5, 0.6) is 0 Å². The van der Waals surface area contributed by atoms with Gasteiger partial charge in [-0.3, -0.25) is 4.79 Å². The highest BCUT2D eigenvalue weighted by molar-refractivity contribution is 7.07. The summed E-state index contributed by atoms with van der Waals surface area (Å²) in [6.45, 7) is 8.54. The number of pyridine rings is 1. The molecule has 7 nitrogen and oxygen atoms in total. The lowest BCUT2D eigenvalue weighted by Gasteiger charge is -2.39. The number of aromatic nitrogens is 1. The van der Waals surface area contributed by atoms with Gasteiger partial charge in [0.2, 0.25) is 0 Å². The molecule has 2 aromatic heterocycles. The Balaban J connectivity index is 1.46. The van der Waals surface area contributed by atoms with Crippen molar-refractivity contribution in [2.24, 2.45) is 0 Å². The van der Waals surface area contributed by atoms with Gasteiger partial charge >= 0.3 is 6.09 Å². The third kappa shape index (κ3) is 6.21. The van der Waals surface area contributed by atoms with E-state index in [1.165, 1.54) is 0 Å². The molecule has 1 aliphatic heterocycles. The predicted octanol–water partition coefficient (Wildman–Crippen LogP) is 4.57. The molecule has 1 aliphatic rings. The van der Waals surface area contributed by atoms with E-state index in [2.05, 4.69) is 22.1 Å². The Morgan fingerprint density at radius 2 is 2.09 bits per heavy atom. The molecular formula is C23H31ClN4O3S. The van der Waals surface area contributed by atoms with Crippen LogP contribution in [-0.4, -0.2) is 63.6 Å². The fourth-order valence-corrected chi connectivity index (χ4v) is 5.31. The van der Waals surface area contributed by atoms with Crippen molar-refractivity contribution >= 4 is 34.9 Å². The largest absolute Gasteiger partial charge is 0.465 e. The molecule has 1 unspecified atom stereocenters. The molecule has 0 spiro atoms. The number of nitrogens with zero attached hydrogens (tertiary/aromatic N) is 3. The number of hydrogen-bond donors (Lipinski definition) is 2. The average molecular weight is 479 g/mol. The molecule has 0 radical (unpaired) electrons. The van der Waals surface area contributed by atoms with E-state index in [9.17, 15) is 14.7 Å². The average Bonchev–Trinajstić information content (AvgIpc) is 3.24. The van der Waals surface area contributed by atoms with E-state index in [1.807, 2.05) is 23.8 Å². The van der Waals surface area contributed by atoms with E-state index in [0.717, 1.165) is 43.5 Å². The second-order valence-corrected chi connectivity index (χ2v) is 9.59. The number of carbonyl (C=O) groups is 2. The minimum absolute atomic E-state index is 0.0407. The van der Waals surface area contributed by atoms with Crippen molar-refractivity contribution in [2.45, 2.75) is 58.7 Å². The third-order valence-electron chi connectivity index (χ3n) is 6.18. The first kappa shape index (κ1) is 24.5. The van der Waals surface area contributed by atoms with Crippen LogP contribution in [0.2, 0.25) is 5.15 Å². The SMILES string of the molecule is Cc1cc(Cl)nc(C)c1C(=O)NCCC(C)N1CCC(N(Cc2ccsc2)C(=O)O)CC1. The van der Waals surface area contributed by atoms with Gasteiger partial charge in [-0.2, -0.15) is 11.3 Å². The molecule has 9 heteroatoms. The lowest BCUT2D eigenvalue weighted by Crippen LogP contribution is -2.49. The van der Waals surface area contributed by atoms with Gasteiger partial charge in [0.1, 0.15) is 5.15 Å². The molecule has 3 rings (SSSR count). The molecule has 2 N–H and O–H groups in total. The van der Waals surface area contributed by atoms with Gasteiger partial charge in [-0.25, -0.2) is 9.78 Å². The van der Waals surface area contributed by atoms with Gasteiger partial charge in [-0.15, -0.1) is 0 Å². The Hall–Kier alpha value is -2.16. The number of nitrogens with one attached hydrogen (secondary N) is 1. The summed E-state index contributed by atoms with van der Waals surface area (Å²) in [5.41, 5.74) is 3.08. The van der Waals surface area contributed by atoms with Gasteiger partial charge in [0.05, 0.1) is 17.8 Å². The van der Waals surface area contributed by atoms with Crippen LogP contribution in [0, 0.1) is 13.8 Å². The topological polar surface area (TPSA) is 85.8 Å². The zero-order chi connectivity index (χ0) is 23.3. The highest BCUT2D eigenvalue weighted by Crippen LogP contribution is 2.22. The maximum atomic E-state index is 12.6. The molecule has 1 atom stereocenters. The fraction of sp³-hybridized carbons (Fsp3) is 0.522. The second-order valence-electron chi connectivity index (χ2n) is 8.43. The lowest BCUT2D eigenvalue weighted by atomic mass is 10.0. The molecule has 1 fully saturated rings. The van der Waals surface area contributed by atoms with E-state index in [4.69, 9.17) is 11.6 Å². The lowest BCUT2D eigenvalue weighted by molar-refractivity contribution is 0.0735. The third-order valence-corrected chi connectivity index (χ3v) is 7.11. The van der Waals surface area contributed by atoms with E-state index in [1.54, 1.807) is 29.2 Å². The Kier molecular flexibility index (Phi) is 8.51. The summed E-state index contributed by atoms with van der Waals surface area (Å²) in [5.74, 6) is -0.124. The van der Waals surface area contributed by atoms with Crippen molar-refractivity contribution in [3.8, 4) is 0 Å². The van der Waals surface area contributed by atoms with Gasteiger partial charge in [0.15, 0.2) is 0 Å². The van der Waals surface area contributed by atoms with Crippen LogP contribution in [0.4, 0.5) is 4.79 Å². The maximum absolute atomic E-state index is 12.6. The molecule has 2 amide bonds. The van der Waals surface area contributed by atoms with Crippen molar-refractivity contribution < 1.29 is 14.7 Å². The first-order valence-electron chi connectivity index (χ1n) is 10.9. The minimum atomic E-state index is -0.854. The van der Waals surface area contributed by atoms with Crippen molar-refractivity contribution in [2.75, 3.05) is 19.6 Å². The van der Waals surface area contributed by atoms with Crippen LogP contribution in [0.25, 0.3) is 0 Å². The number of carbonyl (C=O) groups excluding carboxylic acids is 1. The molecule has 0 aromatic carbocycles. The Labute approximate surface area is 198 Å². The monoisotopic (exact) mass is 478 g/mol. The van der Waals surface area contributed by atoms with Crippen molar-refractivity contribution in [3.63, 3.8) is 0 Å². The van der Waals surface area contributed by atoms with Gasteiger partial charge in [0, 0.05) is 31.7 Å². The zero-order valence-corrected chi connectivity index (χ0v) is 20.4. The molecule has 0 aliphatic carbocycles. The smallest absolute Gasteiger partial charge is 0.407 e. The number of rotatable bonds is 8. The van der Waals surface area contributed by atoms with Gasteiger partial charge < -0.3 is 20.2 Å². The number of likely N-dealkylation sites (tertiary alicyclic amines) is 1.